The van der Waals surface area contributed by atoms with Crippen molar-refractivity contribution in [2.24, 2.45) is 10.5 Å². The van der Waals surface area contributed by atoms with Gasteiger partial charge in [0.1, 0.15) is 11.0 Å². The van der Waals surface area contributed by atoms with Crippen LogP contribution >= 0.6 is 0 Å². The third-order valence-electron chi connectivity index (χ3n) is 3.50. The number of ether oxygens (including phenoxy) is 1. The Hall–Kier alpha value is -2.12. The van der Waals surface area contributed by atoms with Gasteiger partial charge in [-0.2, -0.15) is 5.10 Å². The van der Waals surface area contributed by atoms with Crippen molar-refractivity contribution < 1.29 is 24.2 Å². The van der Waals surface area contributed by atoms with E-state index >= 15 is 0 Å². The van der Waals surface area contributed by atoms with Crippen LogP contribution in [0.25, 0.3) is 0 Å². The van der Waals surface area contributed by atoms with Crippen LogP contribution in [0.15, 0.2) is 5.10 Å². The number of hydrazone groups is 1. The van der Waals surface area contributed by atoms with E-state index in [0.29, 0.717) is 19.4 Å². The molecule has 2 N–H and O–H groups in total. The van der Waals surface area contributed by atoms with E-state index in [9.17, 15) is 19.5 Å². The zero-order valence-corrected chi connectivity index (χ0v) is 12.3. The normalized spacial score (nSPS) is 25.6. The summed E-state index contributed by atoms with van der Waals surface area (Å²) in [5.41, 5.74) is 0.0470. The monoisotopic (exact) mass is 297 g/mol. The number of likely N-dealkylation sites (tertiary alicyclic amines) is 1. The number of carboxylic acids is 1. The van der Waals surface area contributed by atoms with Crippen molar-refractivity contribution in [3.8, 4) is 0 Å². The van der Waals surface area contributed by atoms with Crippen LogP contribution in [-0.2, 0) is 14.3 Å². The number of nitrogens with one attached hydrogen (secondary N) is 1. The zero-order chi connectivity index (χ0) is 15.8. The number of carbonyl (C=O) groups is 3. The van der Waals surface area contributed by atoms with Gasteiger partial charge in [0, 0.05) is 13.1 Å². The van der Waals surface area contributed by atoms with Crippen LogP contribution in [0.3, 0.4) is 0 Å². The van der Waals surface area contributed by atoms with E-state index < -0.39 is 29.0 Å². The summed E-state index contributed by atoms with van der Waals surface area (Å²) in [6.45, 7) is 5.64. The Morgan fingerprint density at radius 3 is 2.67 bits per heavy atom. The molecule has 0 aromatic heterocycles. The minimum atomic E-state index is -1.28. The fourth-order valence-electron chi connectivity index (χ4n) is 2.60. The SMILES string of the molecule is CC(C)(C)OC(=O)N1CCC[C@@]2(C1)C(=O)NN=C2C(=O)O. The van der Waals surface area contributed by atoms with Crippen LogP contribution < -0.4 is 5.43 Å². The van der Waals surface area contributed by atoms with Crippen molar-refractivity contribution in [3.05, 3.63) is 0 Å². The number of carboxylic acid groups (broad SMARTS) is 1. The highest BCUT2D eigenvalue weighted by atomic mass is 16.6. The molecular formula is C13H19N3O5. The maximum absolute atomic E-state index is 12.1. The predicted molar refractivity (Wildman–Crippen MR) is 72.7 cm³/mol. The lowest BCUT2D eigenvalue weighted by Gasteiger charge is -2.38. The molecular weight excluding hydrogens is 278 g/mol. The van der Waals surface area contributed by atoms with Crippen molar-refractivity contribution in [3.63, 3.8) is 0 Å². The van der Waals surface area contributed by atoms with E-state index in [1.807, 2.05) is 0 Å². The van der Waals surface area contributed by atoms with Gasteiger partial charge in [0.25, 0.3) is 5.91 Å². The number of aliphatic carboxylic acids is 1. The molecule has 1 spiro atoms. The average molecular weight is 297 g/mol. The molecule has 0 aromatic carbocycles. The fourth-order valence-corrected chi connectivity index (χ4v) is 2.60. The number of nitrogens with zero attached hydrogens (tertiary/aromatic N) is 2. The molecule has 0 unspecified atom stereocenters. The lowest BCUT2D eigenvalue weighted by Crippen LogP contribution is -2.55. The first kappa shape index (κ1) is 15.3. The first-order valence-electron chi connectivity index (χ1n) is 6.75. The Morgan fingerprint density at radius 1 is 1.43 bits per heavy atom. The molecule has 21 heavy (non-hydrogen) atoms. The van der Waals surface area contributed by atoms with Crippen molar-refractivity contribution in [2.75, 3.05) is 13.1 Å². The van der Waals surface area contributed by atoms with Crippen molar-refractivity contribution in [2.45, 2.75) is 39.2 Å². The lowest BCUT2D eigenvalue weighted by molar-refractivity contribution is -0.133. The maximum atomic E-state index is 12.1. The summed E-state index contributed by atoms with van der Waals surface area (Å²) in [5, 5.41) is 12.8. The third-order valence-corrected chi connectivity index (χ3v) is 3.50. The van der Waals surface area contributed by atoms with Gasteiger partial charge in [-0.15, -0.1) is 0 Å². The van der Waals surface area contributed by atoms with E-state index in [2.05, 4.69) is 10.5 Å². The van der Waals surface area contributed by atoms with Crippen LogP contribution in [-0.4, -0.2) is 52.4 Å². The molecule has 1 saturated heterocycles. The Kier molecular flexibility index (Phi) is 3.65. The van der Waals surface area contributed by atoms with E-state index in [1.165, 1.54) is 4.90 Å². The van der Waals surface area contributed by atoms with Gasteiger partial charge in [0.15, 0.2) is 5.71 Å². The van der Waals surface area contributed by atoms with Gasteiger partial charge in [-0.3, -0.25) is 4.79 Å². The Bertz CT molecular complexity index is 522. The van der Waals surface area contributed by atoms with Gasteiger partial charge in [-0.25, -0.2) is 15.0 Å². The van der Waals surface area contributed by atoms with E-state index in [1.54, 1.807) is 20.8 Å². The molecule has 2 aliphatic rings. The van der Waals surface area contributed by atoms with Crippen LogP contribution in [0.5, 0.6) is 0 Å². The van der Waals surface area contributed by atoms with E-state index in [4.69, 9.17) is 4.74 Å². The van der Waals surface area contributed by atoms with Gasteiger partial charge < -0.3 is 14.7 Å². The largest absolute Gasteiger partial charge is 0.477 e. The molecule has 8 nitrogen and oxygen atoms in total. The second-order valence-electron chi connectivity index (χ2n) is 6.29. The molecule has 0 radical (unpaired) electrons. The molecule has 2 rings (SSSR count). The minimum absolute atomic E-state index is 0.0289. The molecule has 2 amide bonds. The van der Waals surface area contributed by atoms with Crippen LogP contribution in [0, 0.1) is 5.41 Å². The van der Waals surface area contributed by atoms with Gasteiger partial charge in [-0.05, 0) is 33.6 Å². The molecule has 8 heteroatoms. The summed E-state index contributed by atoms with van der Waals surface area (Å²) in [6.07, 6.45) is 0.313. The number of hydrogen-bond donors (Lipinski definition) is 2. The van der Waals surface area contributed by atoms with Gasteiger partial charge in [-0.1, -0.05) is 0 Å². The quantitative estimate of drug-likeness (QED) is 0.735. The number of rotatable bonds is 1. The standard InChI is InChI=1S/C13H19N3O5/c1-12(2,3)21-11(20)16-6-4-5-13(7-16)8(9(17)18)14-15-10(13)19/h4-7H2,1-3H3,(H,15,19)(H,17,18)/t13-/m0/s1. The van der Waals surface area contributed by atoms with Crippen LogP contribution in [0.4, 0.5) is 4.79 Å². The molecule has 2 heterocycles. The van der Waals surface area contributed by atoms with Gasteiger partial charge in [0.05, 0.1) is 0 Å². The summed E-state index contributed by atoms with van der Waals surface area (Å²) in [7, 11) is 0. The molecule has 116 valence electrons. The Balaban J connectivity index is 2.20. The Labute approximate surface area is 122 Å². The average Bonchev–Trinajstić information content (AvgIpc) is 2.65. The van der Waals surface area contributed by atoms with Crippen molar-refractivity contribution in [1.82, 2.24) is 10.3 Å². The van der Waals surface area contributed by atoms with Crippen LogP contribution in [0.2, 0.25) is 0 Å². The second kappa shape index (κ2) is 5.01. The third kappa shape index (κ3) is 2.84. The number of carbonyl (C=O) groups excluding carboxylic acids is 2. The van der Waals surface area contributed by atoms with Crippen LogP contribution in [0.1, 0.15) is 33.6 Å². The lowest BCUT2D eigenvalue weighted by atomic mass is 9.75. The first-order valence-corrected chi connectivity index (χ1v) is 6.75. The predicted octanol–water partition coefficient (Wildman–Crippen LogP) is 0.574. The number of amides is 2. The molecule has 1 atom stereocenters. The van der Waals surface area contributed by atoms with Crippen molar-refractivity contribution in [1.29, 1.82) is 0 Å². The topological polar surface area (TPSA) is 108 Å². The molecule has 1 fully saturated rings. The molecule has 0 saturated carbocycles. The summed E-state index contributed by atoms with van der Waals surface area (Å²) in [6, 6.07) is 0. The summed E-state index contributed by atoms with van der Waals surface area (Å²) in [4.78, 5) is 36.8. The fraction of sp³-hybridized carbons (Fsp3) is 0.692. The van der Waals surface area contributed by atoms with E-state index in [-0.39, 0.29) is 12.3 Å². The van der Waals surface area contributed by atoms with Gasteiger partial charge >= 0.3 is 12.1 Å². The second-order valence-corrected chi connectivity index (χ2v) is 6.29. The Morgan fingerprint density at radius 2 is 2.10 bits per heavy atom. The minimum Gasteiger partial charge on any atom is -0.477 e. The molecule has 0 aliphatic carbocycles. The summed E-state index contributed by atoms with van der Waals surface area (Å²) < 4.78 is 5.28. The highest BCUT2D eigenvalue weighted by molar-refractivity contribution is 6.43. The first-order chi connectivity index (χ1) is 9.66. The summed E-state index contributed by atoms with van der Waals surface area (Å²) >= 11 is 0. The maximum Gasteiger partial charge on any atom is 0.410 e. The summed E-state index contributed by atoms with van der Waals surface area (Å²) in [5.74, 6) is -1.73. The number of piperidine rings is 1. The van der Waals surface area contributed by atoms with Gasteiger partial charge in [0.2, 0.25) is 0 Å². The molecule has 2 aliphatic heterocycles. The molecule has 0 bridgehead atoms. The zero-order valence-electron chi connectivity index (χ0n) is 12.3. The number of hydrogen-bond acceptors (Lipinski definition) is 5. The van der Waals surface area contributed by atoms with Crippen molar-refractivity contribution >= 4 is 23.7 Å². The van der Waals surface area contributed by atoms with E-state index in [0.717, 1.165) is 0 Å². The highest BCUT2D eigenvalue weighted by Crippen LogP contribution is 2.35. The smallest absolute Gasteiger partial charge is 0.410 e. The highest BCUT2D eigenvalue weighted by Gasteiger charge is 2.54. The molecule has 0 aromatic rings.